The van der Waals surface area contributed by atoms with Crippen LogP contribution in [0.3, 0.4) is 0 Å². The van der Waals surface area contributed by atoms with Gasteiger partial charge in [-0.1, -0.05) is 188 Å². The molecular formula is C91H74N20. The molecular weight excluding hydrogens is 1370 g/mol. The molecule has 20 nitrogen and oxygen atoms in total. The number of fused-ring (bicyclic) bond motifs is 5. The van der Waals surface area contributed by atoms with E-state index in [0.29, 0.717) is 23.1 Å². The van der Waals surface area contributed by atoms with Crippen LogP contribution in [0, 0.1) is 48.5 Å². The highest BCUT2D eigenvalue weighted by Crippen LogP contribution is 2.32. The number of hydrogen-bond donors (Lipinski definition) is 0. The van der Waals surface area contributed by atoms with E-state index in [0.717, 1.165) is 146 Å². The molecule has 8 aromatic carbocycles. The Labute approximate surface area is 642 Å². The summed E-state index contributed by atoms with van der Waals surface area (Å²) in [6.45, 7) is 13.7. The molecule has 0 amide bonds. The topological polar surface area (TPSA) is 258 Å². The van der Waals surface area contributed by atoms with Crippen LogP contribution in [0.25, 0.3) is 135 Å². The molecule has 11 heterocycles. The lowest BCUT2D eigenvalue weighted by atomic mass is 10.0. The van der Waals surface area contributed by atoms with Gasteiger partial charge in [-0.3, -0.25) is 29.9 Å². The Balaban J connectivity index is 0.000000116. The molecule has 0 atom stereocenters. The minimum absolute atomic E-state index is 0.672. The first-order valence-electron chi connectivity index (χ1n) is 35.7. The predicted octanol–water partition coefficient (Wildman–Crippen LogP) is 19.3. The summed E-state index contributed by atoms with van der Waals surface area (Å²) in [4.78, 5) is 79.2. The molecule has 0 saturated heterocycles. The Kier molecular flexibility index (Phi) is 24.7. The number of hydrogen-bond acceptors (Lipinski definition) is 20. The maximum Gasteiger partial charge on any atom is 0.181 e. The van der Waals surface area contributed by atoms with Crippen molar-refractivity contribution in [1.82, 2.24) is 99.9 Å². The third-order valence-corrected chi connectivity index (χ3v) is 16.5. The van der Waals surface area contributed by atoms with Crippen molar-refractivity contribution in [3.05, 3.63) is 362 Å². The zero-order chi connectivity index (χ0) is 76.5. The van der Waals surface area contributed by atoms with E-state index in [1.165, 1.54) is 5.56 Å². The number of pyridine rings is 4. The third kappa shape index (κ3) is 20.4. The van der Waals surface area contributed by atoms with Crippen molar-refractivity contribution >= 4 is 55.3 Å². The van der Waals surface area contributed by atoms with Crippen LogP contribution in [-0.2, 0) is 0 Å². The molecule has 0 fully saturated rings. The number of benzene rings is 8. The van der Waals surface area contributed by atoms with Crippen LogP contribution < -0.4 is 0 Å². The van der Waals surface area contributed by atoms with Gasteiger partial charge in [-0.05, 0) is 138 Å². The largest absolute Gasteiger partial charge is 0.262 e. The predicted molar refractivity (Wildman–Crippen MR) is 440 cm³/mol. The first kappa shape index (κ1) is 74.4. The van der Waals surface area contributed by atoms with Crippen molar-refractivity contribution < 1.29 is 0 Å². The number of rotatable bonds is 7. The molecule has 538 valence electrons. The molecule has 0 unspecified atom stereocenters. The van der Waals surface area contributed by atoms with Gasteiger partial charge >= 0.3 is 0 Å². The van der Waals surface area contributed by atoms with Gasteiger partial charge in [0, 0.05) is 71.2 Å². The molecule has 0 saturated carbocycles. The summed E-state index contributed by atoms with van der Waals surface area (Å²) in [5.74, 6) is 2.83. The van der Waals surface area contributed by atoms with Gasteiger partial charge in [0.25, 0.3) is 0 Å². The zero-order valence-electron chi connectivity index (χ0n) is 62.0. The van der Waals surface area contributed by atoms with Crippen molar-refractivity contribution in [1.29, 1.82) is 0 Å². The molecule has 0 aliphatic heterocycles. The van der Waals surface area contributed by atoms with E-state index in [-0.39, 0.29) is 0 Å². The second-order valence-electron chi connectivity index (χ2n) is 25.3. The van der Waals surface area contributed by atoms with Crippen molar-refractivity contribution in [3.63, 3.8) is 0 Å². The Bertz CT molecular complexity index is 5820. The van der Waals surface area contributed by atoms with E-state index in [9.17, 15) is 0 Å². The molecule has 20 heteroatoms. The van der Waals surface area contributed by atoms with Gasteiger partial charge in [-0.25, -0.2) is 59.8 Å². The first-order chi connectivity index (χ1) is 54.4. The quantitative estimate of drug-likeness (QED) is 0.144. The minimum atomic E-state index is 0.672. The van der Waals surface area contributed by atoms with Crippen molar-refractivity contribution in [2.45, 2.75) is 48.5 Å². The summed E-state index contributed by atoms with van der Waals surface area (Å²) in [6.07, 6.45) is 15.7. The van der Waals surface area contributed by atoms with E-state index in [4.69, 9.17) is 19.9 Å². The normalized spacial score (nSPS) is 10.5. The summed E-state index contributed by atoms with van der Waals surface area (Å²) in [5.41, 5.74) is 24.9. The van der Waals surface area contributed by atoms with Gasteiger partial charge < -0.3 is 0 Å². The Hall–Kier alpha value is -14.9. The molecule has 0 aliphatic rings. The maximum atomic E-state index is 4.92. The summed E-state index contributed by atoms with van der Waals surface area (Å²) in [6, 6.07) is 87.5. The number of aromatic nitrogens is 20. The summed E-state index contributed by atoms with van der Waals surface area (Å²) < 4.78 is 0. The van der Waals surface area contributed by atoms with Gasteiger partial charge in [0.1, 0.15) is 28.2 Å². The van der Waals surface area contributed by atoms with Gasteiger partial charge in [-0.15, -0.1) is 5.10 Å². The summed E-state index contributed by atoms with van der Waals surface area (Å²) >= 11 is 0. The molecule has 0 N–H and O–H groups in total. The van der Waals surface area contributed by atoms with Crippen LogP contribution in [0.15, 0.2) is 323 Å². The van der Waals surface area contributed by atoms with Crippen molar-refractivity contribution in [3.8, 4) is 79.5 Å². The van der Waals surface area contributed by atoms with Crippen molar-refractivity contribution in [2.24, 2.45) is 0 Å². The van der Waals surface area contributed by atoms with E-state index in [2.05, 4.69) is 123 Å². The molecule has 111 heavy (non-hydrogen) atoms. The van der Waals surface area contributed by atoms with Crippen molar-refractivity contribution in [2.75, 3.05) is 0 Å². The summed E-state index contributed by atoms with van der Waals surface area (Å²) in [5, 5.41) is 7.93. The molecule has 19 aromatic rings. The second-order valence-corrected chi connectivity index (χ2v) is 25.3. The molecule has 19 rings (SSSR count). The lowest BCUT2D eigenvalue weighted by Gasteiger charge is -2.10. The average Bonchev–Trinajstić information content (AvgIpc) is 0.784. The number of para-hydroxylation sites is 2. The van der Waals surface area contributed by atoms with Gasteiger partial charge in [0.2, 0.25) is 0 Å². The van der Waals surface area contributed by atoms with Crippen LogP contribution in [0.1, 0.15) is 39.7 Å². The average molecular weight is 1450 g/mol. The standard InChI is InChI=1S/C21H16N2.C19H14N4.C16H13N3.C10H9N3.C9H8N2.2C8H7N3/c1-15-12-13-18-19(14-15)23-21(17-10-6-3-7-11-17)20(22-18)16-8-4-2-5-9-16;1-13-8-9-14-17(12-13)23-19(16-7-3-5-11-21-16)18(22-14)15-6-2-4-10-20-15;1-12-17-15(13-8-4-2-5-9-13)19-16(18-12)14-10-6-3-7-11-14;1-8-7-11-10(13-12-8)9-5-3-2-4-6-9;1-7-6-10-8-4-2-3-5-9(8)11-7;1-6-4-10-7-2-3-9-5-8(7)11-6;1-6-5-10-7-3-2-4-9-8(7)11-6/h2-14H,1H3;2-12H,1H3;2-11H,1H3;2-7H,1H3;2-6H,1H3;2*2-5H,1H3. The van der Waals surface area contributed by atoms with Gasteiger partial charge in [-0.2, -0.15) is 5.10 Å². The van der Waals surface area contributed by atoms with E-state index in [1.807, 2.05) is 272 Å². The molecule has 0 bridgehead atoms. The fraction of sp³-hybridized carbons (Fsp3) is 0.0769. The van der Waals surface area contributed by atoms with E-state index in [1.54, 1.807) is 55.8 Å². The van der Waals surface area contributed by atoms with Crippen LogP contribution in [0.2, 0.25) is 0 Å². The lowest BCUT2D eigenvalue weighted by Crippen LogP contribution is -1.99. The van der Waals surface area contributed by atoms with E-state index < -0.39 is 0 Å². The summed E-state index contributed by atoms with van der Waals surface area (Å²) in [7, 11) is 0. The minimum Gasteiger partial charge on any atom is -0.262 e. The van der Waals surface area contributed by atoms with E-state index >= 15 is 0 Å². The van der Waals surface area contributed by atoms with Crippen LogP contribution in [-0.4, -0.2) is 99.9 Å². The smallest absolute Gasteiger partial charge is 0.181 e. The monoisotopic (exact) mass is 1450 g/mol. The fourth-order valence-corrected chi connectivity index (χ4v) is 11.2. The van der Waals surface area contributed by atoms with Gasteiger partial charge in [0.15, 0.2) is 23.1 Å². The SMILES string of the molecule is Cc1ccc2nc(-c3ccccc3)c(-c3ccccc3)nc2c1.Cc1ccc2nc(-c3ccccn3)c(-c3ccccn3)nc2c1.Cc1cnc(-c2ccccc2)nn1.Cc1cnc2ccccc2n1.Cc1cnc2cccnc2n1.Cc1cnc2ccncc2n1.Cc1nc(-c2ccccc2)nc(-c2ccccc2)n1. The van der Waals surface area contributed by atoms with Crippen LogP contribution in [0.5, 0.6) is 0 Å². The number of aryl methyl sites for hydroxylation is 7. The molecule has 0 aliphatic carbocycles. The zero-order valence-corrected chi connectivity index (χ0v) is 62.0. The molecule has 0 radical (unpaired) electrons. The first-order valence-corrected chi connectivity index (χ1v) is 35.7. The third-order valence-electron chi connectivity index (χ3n) is 16.5. The maximum absolute atomic E-state index is 4.92. The number of nitrogens with zero attached hydrogens (tertiary/aromatic N) is 20. The van der Waals surface area contributed by atoms with Gasteiger partial charge in [0.05, 0.1) is 96.6 Å². The molecule has 11 aromatic heterocycles. The second kappa shape index (κ2) is 36.9. The Morgan fingerprint density at radius 3 is 1.11 bits per heavy atom. The highest BCUT2D eigenvalue weighted by molar-refractivity contribution is 5.87. The lowest BCUT2D eigenvalue weighted by molar-refractivity contribution is 0.935. The highest BCUT2D eigenvalue weighted by atomic mass is 15.1. The molecule has 0 spiro atoms. The van der Waals surface area contributed by atoms with Crippen LogP contribution >= 0.6 is 0 Å². The Morgan fingerprint density at radius 1 is 0.207 bits per heavy atom. The van der Waals surface area contributed by atoms with Crippen LogP contribution in [0.4, 0.5) is 0 Å². The highest BCUT2D eigenvalue weighted by Gasteiger charge is 2.17. The Morgan fingerprint density at radius 2 is 0.604 bits per heavy atom. The fourth-order valence-electron chi connectivity index (χ4n) is 11.2.